The molecule has 0 aliphatic rings. The third kappa shape index (κ3) is 7.29. The van der Waals surface area contributed by atoms with E-state index in [0.717, 1.165) is 12.8 Å². The van der Waals surface area contributed by atoms with Gasteiger partial charge in [0.15, 0.2) is 0 Å². The molecule has 2 atom stereocenters. The van der Waals surface area contributed by atoms with E-state index in [1.807, 2.05) is 6.08 Å². The first-order valence-corrected chi connectivity index (χ1v) is 5.76. The first-order valence-electron chi connectivity index (χ1n) is 5.76. The molecule has 0 aliphatic heterocycles. The molecule has 0 unspecified atom stereocenters. The zero-order chi connectivity index (χ0) is 12.2. The molecular formula is C11H21N3O2. The minimum atomic E-state index is -0.896. The van der Waals surface area contributed by atoms with Crippen LogP contribution >= 0.6 is 0 Å². The number of aliphatic hydroxyl groups is 2. The van der Waals surface area contributed by atoms with Crippen molar-refractivity contribution in [1.82, 2.24) is 0 Å². The fourth-order valence-electron chi connectivity index (χ4n) is 1.33. The molecule has 0 rings (SSSR count). The van der Waals surface area contributed by atoms with Crippen LogP contribution in [0.3, 0.4) is 0 Å². The second-order valence-corrected chi connectivity index (χ2v) is 3.72. The maximum atomic E-state index is 9.53. The highest BCUT2D eigenvalue weighted by Gasteiger charge is 2.12. The number of aliphatic hydroxyl groups excluding tert-OH is 2. The molecule has 0 saturated heterocycles. The SMILES string of the molecule is CCCCCCC=C[C@@H](O)[C@H](CO)N=[N+]=[N-]. The van der Waals surface area contributed by atoms with Crippen molar-refractivity contribution in [2.75, 3.05) is 6.61 Å². The number of hydrogen-bond donors (Lipinski definition) is 2. The third-order valence-corrected chi connectivity index (χ3v) is 2.34. The standard InChI is InChI=1S/C11H21N3O2/c1-2-3-4-5-6-7-8-11(16)10(9-15)13-14-12/h7-8,10-11,15-16H,2-6,9H2,1H3/t10-,11+/m0/s1. The maximum Gasteiger partial charge on any atom is 0.0900 e. The molecule has 0 aliphatic carbocycles. The second-order valence-electron chi connectivity index (χ2n) is 3.72. The average Bonchev–Trinajstić information content (AvgIpc) is 2.30. The summed E-state index contributed by atoms with van der Waals surface area (Å²) in [5, 5.41) is 21.7. The van der Waals surface area contributed by atoms with Crippen LogP contribution in [0.1, 0.15) is 39.0 Å². The van der Waals surface area contributed by atoms with Crippen LogP contribution in [0.15, 0.2) is 17.3 Å². The molecule has 0 heterocycles. The lowest BCUT2D eigenvalue weighted by molar-refractivity contribution is 0.144. The Morgan fingerprint density at radius 2 is 2.12 bits per heavy atom. The fourth-order valence-corrected chi connectivity index (χ4v) is 1.33. The van der Waals surface area contributed by atoms with Crippen LogP contribution in [0.25, 0.3) is 10.4 Å². The van der Waals surface area contributed by atoms with Crippen LogP contribution in [0.5, 0.6) is 0 Å². The van der Waals surface area contributed by atoms with Crippen molar-refractivity contribution in [2.24, 2.45) is 5.11 Å². The van der Waals surface area contributed by atoms with E-state index >= 15 is 0 Å². The summed E-state index contributed by atoms with van der Waals surface area (Å²) in [6.07, 6.45) is 8.19. The zero-order valence-electron chi connectivity index (χ0n) is 9.79. The summed E-state index contributed by atoms with van der Waals surface area (Å²) < 4.78 is 0. The van der Waals surface area contributed by atoms with Crippen LogP contribution in [0.2, 0.25) is 0 Å². The number of hydrogen-bond acceptors (Lipinski definition) is 3. The topological polar surface area (TPSA) is 89.2 Å². The molecule has 16 heavy (non-hydrogen) atoms. The predicted octanol–water partition coefficient (Wildman–Crippen LogP) is 2.55. The van der Waals surface area contributed by atoms with E-state index in [9.17, 15) is 5.11 Å². The van der Waals surface area contributed by atoms with Gasteiger partial charge in [-0.1, -0.05) is 43.5 Å². The highest BCUT2D eigenvalue weighted by Crippen LogP contribution is 2.05. The van der Waals surface area contributed by atoms with Gasteiger partial charge in [-0.05, 0) is 18.4 Å². The van der Waals surface area contributed by atoms with Gasteiger partial charge in [0.25, 0.3) is 0 Å². The first kappa shape index (κ1) is 15.0. The average molecular weight is 227 g/mol. The number of azide groups is 1. The summed E-state index contributed by atoms with van der Waals surface area (Å²) in [4.78, 5) is 2.57. The number of nitrogens with zero attached hydrogens (tertiary/aromatic N) is 3. The van der Waals surface area contributed by atoms with Crippen molar-refractivity contribution >= 4 is 0 Å². The molecule has 2 N–H and O–H groups in total. The number of rotatable bonds is 9. The van der Waals surface area contributed by atoms with Crippen LogP contribution in [-0.4, -0.2) is 29.0 Å². The normalized spacial score (nSPS) is 14.7. The van der Waals surface area contributed by atoms with E-state index in [0.29, 0.717) is 0 Å². The Morgan fingerprint density at radius 1 is 1.38 bits per heavy atom. The Morgan fingerprint density at radius 3 is 2.69 bits per heavy atom. The van der Waals surface area contributed by atoms with Gasteiger partial charge >= 0.3 is 0 Å². The van der Waals surface area contributed by atoms with Gasteiger partial charge < -0.3 is 10.2 Å². The lowest BCUT2D eigenvalue weighted by Gasteiger charge is -2.11. The monoisotopic (exact) mass is 227 g/mol. The van der Waals surface area contributed by atoms with Crippen molar-refractivity contribution < 1.29 is 10.2 Å². The summed E-state index contributed by atoms with van der Waals surface area (Å²) in [5.74, 6) is 0. The first-order chi connectivity index (χ1) is 7.76. The lowest BCUT2D eigenvalue weighted by atomic mass is 10.1. The Labute approximate surface area is 96.4 Å². The summed E-state index contributed by atoms with van der Waals surface area (Å²) in [7, 11) is 0. The number of allylic oxidation sites excluding steroid dienone is 1. The molecule has 92 valence electrons. The molecule has 0 bridgehead atoms. The van der Waals surface area contributed by atoms with Crippen LogP contribution in [0.4, 0.5) is 0 Å². The van der Waals surface area contributed by atoms with Crippen molar-refractivity contribution in [3.8, 4) is 0 Å². The van der Waals surface area contributed by atoms with Crippen molar-refractivity contribution in [2.45, 2.75) is 51.2 Å². The molecule has 0 amide bonds. The van der Waals surface area contributed by atoms with E-state index in [1.165, 1.54) is 19.3 Å². The van der Waals surface area contributed by atoms with Gasteiger partial charge in [0.1, 0.15) is 0 Å². The smallest absolute Gasteiger partial charge is 0.0900 e. The van der Waals surface area contributed by atoms with E-state index in [1.54, 1.807) is 6.08 Å². The van der Waals surface area contributed by atoms with Crippen molar-refractivity contribution in [1.29, 1.82) is 0 Å². The van der Waals surface area contributed by atoms with Gasteiger partial charge in [-0.3, -0.25) is 0 Å². The Hall–Kier alpha value is -1.03. The second kappa shape index (κ2) is 10.5. The highest BCUT2D eigenvalue weighted by atomic mass is 16.3. The highest BCUT2D eigenvalue weighted by molar-refractivity contribution is 4.94. The minimum absolute atomic E-state index is 0.342. The lowest BCUT2D eigenvalue weighted by Crippen LogP contribution is -2.25. The molecule has 0 saturated carbocycles. The molecular weight excluding hydrogens is 206 g/mol. The maximum absolute atomic E-state index is 9.53. The van der Waals surface area contributed by atoms with E-state index in [4.69, 9.17) is 10.6 Å². The van der Waals surface area contributed by atoms with Crippen molar-refractivity contribution in [3.05, 3.63) is 22.6 Å². The summed E-state index contributed by atoms with van der Waals surface area (Å²) in [6.45, 7) is 1.82. The van der Waals surface area contributed by atoms with E-state index in [2.05, 4.69) is 16.9 Å². The van der Waals surface area contributed by atoms with E-state index < -0.39 is 12.1 Å². The van der Waals surface area contributed by atoms with Crippen molar-refractivity contribution in [3.63, 3.8) is 0 Å². The number of unbranched alkanes of at least 4 members (excludes halogenated alkanes) is 4. The van der Waals surface area contributed by atoms with Gasteiger partial charge in [0, 0.05) is 4.91 Å². The molecule has 0 radical (unpaired) electrons. The summed E-state index contributed by atoms with van der Waals surface area (Å²) in [6, 6.07) is -0.781. The largest absolute Gasteiger partial charge is 0.396 e. The molecule has 5 heteroatoms. The van der Waals surface area contributed by atoms with Gasteiger partial charge in [-0.15, -0.1) is 0 Å². The van der Waals surface area contributed by atoms with Crippen LogP contribution in [0, 0.1) is 0 Å². The quantitative estimate of drug-likeness (QED) is 0.208. The van der Waals surface area contributed by atoms with Gasteiger partial charge in [0.05, 0.1) is 18.8 Å². The van der Waals surface area contributed by atoms with Gasteiger partial charge in [-0.25, -0.2) is 0 Å². The fraction of sp³-hybridized carbons (Fsp3) is 0.818. The Bertz CT molecular complexity index is 237. The predicted molar refractivity (Wildman–Crippen MR) is 63.9 cm³/mol. The summed E-state index contributed by atoms with van der Waals surface area (Å²) in [5.41, 5.74) is 8.20. The molecule has 0 aromatic carbocycles. The summed E-state index contributed by atoms with van der Waals surface area (Å²) >= 11 is 0. The van der Waals surface area contributed by atoms with Gasteiger partial charge in [0.2, 0.25) is 0 Å². The molecule has 5 nitrogen and oxygen atoms in total. The molecule has 0 aromatic rings. The van der Waals surface area contributed by atoms with E-state index in [-0.39, 0.29) is 6.61 Å². The molecule has 0 aromatic heterocycles. The third-order valence-electron chi connectivity index (χ3n) is 2.34. The molecule has 0 spiro atoms. The zero-order valence-corrected chi connectivity index (χ0v) is 9.79. The molecule has 0 fully saturated rings. The van der Waals surface area contributed by atoms with Crippen LogP contribution < -0.4 is 0 Å². The Balaban J connectivity index is 3.79. The Kier molecular flexibility index (Phi) is 9.81. The van der Waals surface area contributed by atoms with Crippen LogP contribution in [-0.2, 0) is 0 Å². The van der Waals surface area contributed by atoms with Gasteiger partial charge in [-0.2, -0.15) is 0 Å². The minimum Gasteiger partial charge on any atom is -0.396 e.